The zero-order chi connectivity index (χ0) is 24.4. The number of benzene rings is 2. The summed E-state index contributed by atoms with van der Waals surface area (Å²) in [6, 6.07) is 5.44. The van der Waals surface area contributed by atoms with E-state index in [-0.39, 0.29) is 11.3 Å². The maximum absolute atomic E-state index is 14.0. The molecule has 1 unspecified atom stereocenters. The average molecular weight is 464 g/mol. The molecule has 0 bridgehead atoms. The molecule has 0 saturated heterocycles. The van der Waals surface area contributed by atoms with Crippen molar-refractivity contribution in [1.29, 1.82) is 0 Å². The number of hydrogen-bond acceptors (Lipinski definition) is 4. The topological polar surface area (TPSA) is 105 Å². The fraction of sp³-hybridized carbons (Fsp3) is 0.190. The van der Waals surface area contributed by atoms with Crippen molar-refractivity contribution in [3.8, 4) is 0 Å². The Labute approximate surface area is 186 Å². The van der Waals surface area contributed by atoms with E-state index in [4.69, 9.17) is 5.73 Å². The van der Waals surface area contributed by atoms with Crippen molar-refractivity contribution in [3.05, 3.63) is 76.6 Å². The lowest BCUT2D eigenvalue weighted by Gasteiger charge is -2.25. The summed E-state index contributed by atoms with van der Waals surface area (Å²) in [5.41, 5.74) is 5.15. The van der Waals surface area contributed by atoms with Crippen LogP contribution in [0, 0.1) is 30.2 Å². The lowest BCUT2D eigenvalue weighted by atomic mass is 10.1. The maximum Gasteiger partial charge on any atom is 0.323 e. The summed E-state index contributed by atoms with van der Waals surface area (Å²) in [5, 5.41) is 8.55. The van der Waals surface area contributed by atoms with Crippen LogP contribution in [0.2, 0.25) is 0 Å². The molecule has 0 fully saturated rings. The number of urea groups is 1. The van der Waals surface area contributed by atoms with Gasteiger partial charge in [-0.3, -0.25) is 9.69 Å². The van der Waals surface area contributed by atoms with E-state index in [9.17, 15) is 27.2 Å². The van der Waals surface area contributed by atoms with Gasteiger partial charge in [-0.15, -0.1) is 0 Å². The number of anilines is 2. The average Bonchev–Trinajstić information content (AvgIpc) is 3.25. The molecule has 0 aliphatic carbocycles. The maximum atomic E-state index is 14.0. The molecule has 1 aromatic heterocycles. The van der Waals surface area contributed by atoms with Crippen LogP contribution in [0.4, 0.5) is 33.7 Å². The summed E-state index contributed by atoms with van der Waals surface area (Å²) >= 11 is 0. The normalized spacial score (nSPS) is 12.0. The molecular formula is C21H20F4N6O2. The highest BCUT2D eigenvalue weighted by Crippen LogP contribution is 2.28. The van der Waals surface area contributed by atoms with Crippen LogP contribution in [-0.2, 0) is 0 Å². The predicted molar refractivity (Wildman–Crippen MR) is 113 cm³/mol. The lowest BCUT2D eigenvalue weighted by molar-refractivity contribution is 0.1000. The Balaban J connectivity index is 1.77. The Bertz CT molecular complexity index is 1180. The number of amides is 3. The predicted octanol–water partition coefficient (Wildman–Crippen LogP) is 3.60. The molecular weight excluding hydrogens is 444 g/mol. The van der Waals surface area contributed by atoms with Gasteiger partial charge in [0.15, 0.2) is 23.3 Å². The van der Waals surface area contributed by atoms with Crippen LogP contribution in [0.15, 0.2) is 36.7 Å². The molecule has 0 radical (unpaired) electrons. The van der Waals surface area contributed by atoms with E-state index in [2.05, 4.69) is 10.4 Å². The standard InChI is InChI=1S/C21H20F4N6O2/c1-10-14(22)15(23)16(24)17(25)18(10)29-21(33)28-13-6-4-11(5-7-13)20(30(2)3)31-9-12(8-27-31)19(26)32/h4-9,20H,1-3H3,(H2,26,32)(H2,28,29,33). The number of nitrogens with one attached hydrogen (secondary N) is 2. The van der Waals surface area contributed by atoms with E-state index in [0.717, 1.165) is 12.5 Å². The highest BCUT2D eigenvalue weighted by Gasteiger charge is 2.24. The monoisotopic (exact) mass is 464 g/mol. The highest BCUT2D eigenvalue weighted by molar-refractivity contribution is 6.00. The molecule has 0 saturated carbocycles. The van der Waals surface area contributed by atoms with Gasteiger partial charge in [-0.05, 0) is 38.7 Å². The first-order chi connectivity index (χ1) is 15.5. The van der Waals surface area contributed by atoms with Crippen molar-refractivity contribution >= 4 is 23.3 Å². The molecule has 3 amide bonds. The third-order valence-electron chi connectivity index (χ3n) is 4.83. The summed E-state index contributed by atoms with van der Waals surface area (Å²) in [6.07, 6.45) is 2.45. The summed E-state index contributed by atoms with van der Waals surface area (Å²) in [6.45, 7) is 1.01. The molecule has 3 rings (SSSR count). The van der Waals surface area contributed by atoms with Crippen LogP contribution in [-0.4, -0.2) is 40.7 Å². The molecule has 12 heteroatoms. The fourth-order valence-corrected chi connectivity index (χ4v) is 3.19. The lowest BCUT2D eigenvalue weighted by Crippen LogP contribution is -2.27. The first-order valence-corrected chi connectivity index (χ1v) is 9.52. The first-order valence-electron chi connectivity index (χ1n) is 9.52. The largest absolute Gasteiger partial charge is 0.366 e. The second-order valence-electron chi connectivity index (χ2n) is 7.37. The van der Waals surface area contributed by atoms with Gasteiger partial charge in [-0.1, -0.05) is 12.1 Å². The van der Waals surface area contributed by atoms with Gasteiger partial charge in [-0.25, -0.2) is 27.0 Å². The van der Waals surface area contributed by atoms with Crippen molar-refractivity contribution in [2.75, 3.05) is 24.7 Å². The van der Waals surface area contributed by atoms with E-state index in [0.29, 0.717) is 0 Å². The van der Waals surface area contributed by atoms with Gasteiger partial charge in [0.1, 0.15) is 6.17 Å². The number of rotatable bonds is 6. The molecule has 1 heterocycles. The Morgan fingerprint density at radius 1 is 1.00 bits per heavy atom. The van der Waals surface area contributed by atoms with Gasteiger partial charge in [0.25, 0.3) is 5.91 Å². The summed E-state index contributed by atoms with van der Waals surface area (Å²) in [4.78, 5) is 25.4. The third-order valence-corrected chi connectivity index (χ3v) is 4.83. The Hall–Kier alpha value is -3.93. The number of carbonyl (C=O) groups is 2. The minimum Gasteiger partial charge on any atom is -0.366 e. The Morgan fingerprint density at radius 3 is 2.15 bits per heavy atom. The molecule has 0 aliphatic heterocycles. The van der Waals surface area contributed by atoms with Gasteiger partial charge < -0.3 is 16.4 Å². The molecule has 4 N–H and O–H groups in total. The second-order valence-corrected chi connectivity index (χ2v) is 7.37. The molecule has 33 heavy (non-hydrogen) atoms. The van der Waals surface area contributed by atoms with Gasteiger partial charge in [0.2, 0.25) is 0 Å². The Morgan fingerprint density at radius 2 is 1.61 bits per heavy atom. The zero-order valence-corrected chi connectivity index (χ0v) is 17.8. The van der Waals surface area contributed by atoms with Gasteiger partial charge >= 0.3 is 6.03 Å². The molecule has 0 aliphatic rings. The molecule has 2 aromatic carbocycles. The van der Waals surface area contributed by atoms with E-state index < -0.39 is 52.6 Å². The van der Waals surface area contributed by atoms with E-state index in [1.165, 1.54) is 12.4 Å². The van der Waals surface area contributed by atoms with E-state index in [1.54, 1.807) is 43.0 Å². The molecule has 1 atom stereocenters. The minimum absolute atomic E-state index is 0.244. The summed E-state index contributed by atoms with van der Waals surface area (Å²) in [5.74, 6) is -7.90. The quantitative estimate of drug-likeness (QED) is 0.295. The number of aromatic nitrogens is 2. The molecule has 0 spiro atoms. The first kappa shape index (κ1) is 23.7. The number of halogens is 4. The number of carbonyl (C=O) groups excluding carboxylic acids is 2. The molecule has 174 valence electrons. The van der Waals surface area contributed by atoms with Gasteiger partial charge in [0.05, 0.1) is 17.4 Å². The molecule has 3 aromatic rings. The second kappa shape index (κ2) is 9.28. The van der Waals surface area contributed by atoms with Crippen molar-refractivity contribution in [2.45, 2.75) is 13.1 Å². The minimum atomic E-state index is -2.02. The fourth-order valence-electron chi connectivity index (χ4n) is 3.19. The van der Waals surface area contributed by atoms with Crippen LogP contribution in [0.25, 0.3) is 0 Å². The van der Waals surface area contributed by atoms with E-state index in [1.807, 2.05) is 10.2 Å². The van der Waals surface area contributed by atoms with Crippen LogP contribution in [0.5, 0.6) is 0 Å². The Kier molecular flexibility index (Phi) is 6.68. The number of nitrogens with two attached hydrogens (primary N) is 1. The number of nitrogens with zero attached hydrogens (tertiary/aromatic N) is 3. The van der Waals surface area contributed by atoms with Gasteiger partial charge in [0, 0.05) is 17.4 Å². The van der Waals surface area contributed by atoms with Crippen molar-refractivity contribution in [1.82, 2.24) is 14.7 Å². The van der Waals surface area contributed by atoms with Crippen LogP contribution >= 0.6 is 0 Å². The van der Waals surface area contributed by atoms with E-state index >= 15 is 0 Å². The smallest absolute Gasteiger partial charge is 0.323 e. The van der Waals surface area contributed by atoms with Crippen LogP contribution < -0.4 is 16.4 Å². The van der Waals surface area contributed by atoms with Crippen molar-refractivity contribution < 1.29 is 27.2 Å². The third kappa shape index (κ3) is 4.80. The number of primary amides is 1. The number of hydrogen-bond donors (Lipinski definition) is 3. The summed E-state index contributed by atoms with van der Waals surface area (Å²) < 4.78 is 56.0. The zero-order valence-electron chi connectivity index (χ0n) is 17.8. The van der Waals surface area contributed by atoms with Gasteiger partial charge in [-0.2, -0.15) is 5.10 Å². The highest BCUT2D eigenvalue weighted by atomic mass is 19.2. The SMILES string of the molecule is Cc1c(F)c(F)c(F)c(F)c1NC(=O)Nc1ccc(C(N(C)C)n2cc(C(N)=O)cn2)cc1. The van der Waals surface area contributed by atoms with Crippen molar-refractivity contribution in [3.63, 3.8) is 0 Å². The van der Waals surface area contributed by atoms with Crippen LogP contribution in [0.1, 0.15) is 27.7 Å². The van der Waals surface area contributed by atoms with Crippen LogP contribution in [0.3, 0.4) is 0 Å². The van der Waals surface area contributed by atoms with Crippen molar-refractivity contribution in [2.24, 2.45) is 5.73 Å². The molecule has 8 nitrogen and oxygen atoms in total. The summed E-state index contributed by atoms with van der Waals surface area (Å²) in [7, 11) is 3.60.